The van der Waals surface area contributed by atoms with Crippen molar-refractivity contribution in [2.75, 3.05) is 39.0 Å². The summed E-state index contributed by atoms with van der Waals surface area (Å²) in [6.07, 6.45) is 0.756. The molecule has 1 atom stereocenters. The predicted octanol–water partition coefficient (Wildman–Crippen LogP) is 4.21. The van der Waals surface area contributed by atoms with E-state index in [4.69, 9.17) is 5.10 Å². The summed E-state index contributed by atoms with van der Waals surface area (Å²) in [5.41, 5.74) is 1.55. The summed E-state index contributed by atoms with van der Waals surface area (Å²) in [4.78, 5) is 16.6. The van der Waals surface area contributed by atoms with Gasteiger partial charge in [-0.15, -0.1) is 0 Å². The minimum atomic E-state index is -4.59. The van der Waals surface area contributed by atoms with E-state index >= 15 is 0 Å². The molecule has 1 aromatic heterocycles. The minimum absolute atomic E-state index is 0.0129. The monoisotopic (exact) mass is 682 g/mol. The zero-order valence-electron chi connectivity index (χ0n) is 27.9. The predicted molar refractivity (Wildman–Crippen MR) is 174 cm³/mol. The van der Waals surface area contributed by atoms with Crippen molar-refractivity contribution in [3.05, 3.63) is 40.6 Å². The molecule has 4 heterocycles. The first-order valence-electron chi connectivity index (χ1n) is 16.7. The van der Waals surface area contributed by atoms with Gasteiger partial charge in [0.1, 0.15) is 6.23 Å². The summed E-state index contributed by atoms with van der Waals surface area (Å²) in [5.74, 6) is 0.270. The fourth-order valence-corrected chi connectivity index (χ4v) is 7.95. The highest BCUT2D eigenvalue weighted by Crippen LogP contribution is 2.37. The quantitative estimate of drug-likeness (QED) is 0.342. The van der Waals surface area contributed by atoms with Gasteiger partial charge in [0.2, 0.25) is 15.9 Å². The van der Waals surface area contributed by atoms with Gasteiger partial charge in [0.05, 0.1) is 17.5 Å². The third-order valence-electron chi connectivity index (χ3n) is 9.54. The van der Waals surface area contributed by atoms with E-state index in [1.807, 2.05) is 30.4 Å². The Morgan fingerprint density at radius 3 is 2.40 bits per heavy atom. The van der Waals surface area contributed by atoms with Crippen molar-refractivity contribution >= 4 is 15.9 Å². The van der Waals surface area contributed by atoms with Crippen LogP contribution in [0.15, 0.2) is 18.2 Å². The van der Waals surface area contributed by atoms with Crippen LogP contribution in [-0.4, -0.2) is 94.6 Å². The van der Waals surface area contributed by atoms with Gasteiger partial charge in [-0.05, 0) is 61.8 Å². The lowest BCUT2D eigenvalue weighted by molar-refractivity contribution is -0.138. The molecule has 0 spiro atoms. The minimum Gasteiger partial charge on any atom is -0.379 e. The molecule has 2 fully saturated rings. The Hall–Kier alpha value is -2.52. The number of aryl methyl sites for hydroxylation is 1. The molecule has 0 saturated carbocycles. The standard InChI is InChI=1S/C33H49F3N6O4S/c1-32(2,3)20-29(43)37-21-24-19-23(8-9-27(24)33(34,35)36)31-26-22-40(47(4,45)46)18-12-28(26)42(38-31)15-6-13-39-16-10-25(11-17-39)41-14-5-7-30(41)44/h8-9,19,25,29,37,43H,5-7,10-18,20-22H2,1-4H3. The number of carbonyl (C=O) groups is 1. The first-order valence-corrected chi connectivity index (χ1v) is 18.5. The number of alkyl halides is 3. The number of likely N-dealkylation sites (tertiary alicyclic amines) is 2. The number of fused-ring (bicyclic) bond motifs is 1. The molecule has 1 amide bonds. The number of aliphatic hydroxyl groups excluding tert-OH is 1. The zero-order chi connectivity index (χ0) is 34.1. The van der Waals surface area contributed by atoms with E-state index in [9.17, 15) is 31.5 Å². The number of rotatable bonds is 11. The van der Waals surface area contributed by atoms with E-state index in [2.05, 4.69) is 10.2 Å². The maximum atomic E-state index is 14.0. The van der Waals surface area contributed by atoms with Crippen LogP contribution in [0.3, 0.4) is 0 Å². The smallest absolute Gasteiger partial charge is 0.379 e. The number of aromatic nitrogens is 2. The number of nitrogens with one attached hydrogen (secondary N) is 1. The summed E-state index contributed by atoms with van der Waals surface area (Å²) >= 11 is 0. The number of benzene rings is 1. The number of piperidine rings is 1. The van der Waals surface area contributed by atoms with E-state index in [0.717, 1.165) is 69.9 Å². The molecule has 0 radical (unpaired) electrons. The number of carbonyl (C=O) groups excluding carboxylic acids is 1. The van der Waals surface area contributed by atoms with E-state index < -0.39 is 28.0 Å². The molecule has 1 unspecified atom stereocenters. The molecule has 0 aliphatic carbocycles. The van der Waals surface area contributed by atoms with Gasteiger partial charge in [-0.25, -0.2) is 8.42 Å². The molecule has 2 aromatic rings. The van der Waals surface area contributed by atoms with Crippen molar-refractivity contribution in [3.8, 4) is 11.3 Å². The maximum Gasteiger partial charge on any atom is 0.416 e. The summed E-state index contributed by atoms with van der Waals surface area (Å²) in [5, 5.41) is 18.2. The molecule has 1 aromatic carbocycles. The van der Waals surface area contributed by atoms with Crippen LogP contribution in [0.25, 0.3) is 11.3 Å². The Bertz CT molecular complexity index is 1530. The third kappa shape index (κ3) is 8.94. The summed E-state index contributed by atoms with van der Waals surface area (Å²) < 4.78 is 70.4. The molecule has 3 aliphatic rings. The van der Waals surface area contributed by atoms with Crippen LogP contribution in [0.1, 0.15) is 81.7 Å². The second-order valence-electron chi connectivity index (χ2n) is 14.5. The second kappa shape index (κ2) is 14.1. The van der Waals surface area contributed by atoms with Gasteiger partial charge < -0.3 is 14.9 Å². The molecule has 262 valence electrons. The van der Waals surface area contributed by atoms with Gasteiger partial charge in [0.15, 0.2) is 0 Å². The SMILES string of the molecule is CC(C)(C)CC(O)NCc1cc(-c2nn(CCCN3CCC(N4CCCC4=O)CC3)c3c2CN(S(C)(=O)=O)CC3)ccc1C(F)(F)F. The van der Waals surface area contributed by atoms with Crippen LogP contribution >= 0.6 is 0 Å². The van der Waals surface area contributed by atoms with Crippen molar-refractivity contribution in [3.63, 3.8) is 0 Å². The fraction of sp³-hybridized carbons (Fsp3) is 0.697. The molecule has 14 heteroatoms. The average Bonchev–Trinajstić information content (AvgIpc) is 3.57. The van der Waals surface area contributed by atoms with Gasteiger partial charge in [0, 0.05) is 81.5 Å². The molecular formula is C33H49F3N6O4S. The number of hydrogen-bond acceptors (Lipinski definition) is 7. The number of halogens is 3. The normalized spacial score (nSPS) is 19.8. The van der Waals surface area contributed by atoms with E-state index in [1.165, 1.54) is 16.4 Å². The van der Waals surface area contributed by atoms with Gasteiger partial charge in [-0.2, -0.15) is 22.6 Å². The van der Waals surface area contributed by atoms with Crippen LogP contribution < -0.4 is 5.32 Å². The molecule has 0 bridgehead atoms. The fourth-order valence-electron chi connectivity index (χ4n) is 7.16. The van der Waals surface area contributed by atoms with Gasteiger partial charge in [-0.1, -0.05) is 26.8 Å². The molecule has 2 N–H and O–H groups in total. The third-order valence-corrected chi connectivity index (χ3v) is 10.8. The number of nitrogens with zero attached hydrogens (tertiary/aromatic N) is 5. The van der Waals surface area contributed by atoms with Gasteiger partial charge >= 0.3 is 6.18 Å². The Balaban J connectivity index is 1.35. The maximum absolute atomic E-state index is 14.0. The largest absolute Gasteiger partial charge is 0.416 e. The van der Waals surface area contributed by atoms with E-state index in [0.29, 0.717) is 55.2 Å². The lowest BCUT2D eigenvalue weighted by Gasteiger charge is -2.36. The Morgan fingerprint density at radius 1 is 1.06 bits per heavy atom. The van der Waals surface area contributed by atoms with Gasteiger partial charge in [0.25, 0.3) is 0 Å². The molecule has 10 nitrogen and oxygen atoms in total. The Morgan fingerprint density at radius 2 is 1.79 bits per heavy atom. The highest BCUT2D eigenvalue weighted by atomic mass is 32.2. The Kier molecular flexibility index (Phi) is 10.8. The first kappa shape index (κ1) is 35.8. The number of aliphatic hydroxyl groups is 1. The summed E-state index contributed by atoms with van der Waals surface area (Å²) in [6.45, 7) is 10.2. The number of hydrogen-bond donors (Lipinski definition) is 2. The van der Waals surface area contributed by atoms with E-state index in [-0.39, 0.29) is 30.0 Å². The first-order chi connectivity index (χ1) is 22.0. The molecule has 47 heavy (non-hydrogen) atoms. The second-order valence-corrected chi connectivity index (χ2v) is 16.5. The zero-order valence-corrected chi connectivity index (χ0v) is 28.8. The van der Waals surface area contributed by atoms with Crippen molar-refractivity contribution in [2.45, 2.75) is 104 Å². The van der Waals surface area contributed by atoms with Crippen molar-refractivity contribution < 1.29 is 31.5 Å². The van der Waals surface area contributed by atoms with Crippen molar-refractivity contribution in [2.24, 2.45) is 5.41 Å². The topological polar surface area (TPSA) is 111 Å². The summed E-state index contributed by atoms with van der Waals surface area (Å²) in [7, 11) is -3.49. The lowest BCUT2D eigenvalue weighted by Crippen LogP contribution is -2.45. The van der Waals surface area contributed by atoms with Crippen LogP contribution in [0.4, 0.5) is 13.2 Å². The molecule has 3 aliphatic heterocycles. The van der Waals surface area contributed by atoms with E-state index in [1.54, 1.807) is 0 Å². The van der Waals surface area contributed by atoms with Gasteiger partial charge in [-0.3, -0.25) is 14.8 Å². The highest BCUT2D eigenvalue weighted by Gasteiger charge is 2.35. The number of sulfonamides is 1. The van der Waals surface area contributed by atoms with Crippen LogP contribution in [-0.2, 0) is 47.0 Å². The van der Waals surface area contributed by atoms with Crippen LogP contribution in [0, 0.1) is 5.41 Å². The summed E-state index contributed by atoms with van der Waals surface area (Å²) in [6, 6.07) is 4.23. The number of amides is 1. The molecule has 5 rings (SSSR count). The highest BCUT2D eigenvalue weighted by molar-refractivity contribution is 7.88. The van der Waals surface area contributed by atoms with Crippen LogP contribution in [0.5, 0.6) is 0 Å². The van der Waals surface area contributed by atoms with Crippen molar-refractivity contribution in [1.82, 2.24) is 29.2 Å². The Labute approximate surface area is 276 Å². The van der Waals surface area contributed by atoms with Crippen LogP contribution in [0.2, 0.25) is 0 Å². The molecule has 2 saturated heterocycles. The average molecular weight is 683 g/mol. The molecular weight excluding hydrogens is 633 g/mol. The van der Waals surface area contributed by atoms with Crippen molar-refractivity contribution in [1.29, 1.82) is 0 Å². The lowest BCUT2D eigenvalue weighted by atomic mass is 9.91.